The predicted molar refractivity (Wildman–Crippen MR) is 102 cm³/mol. The molecule has 1 N–H and O–H groups in total. The van der Waals surface area contributed by atoms with E-state index in [1.54, 1.807) is 26.0 Å². The maximum Gasteiger partial charge on any atom is 0.280 e. The molecule has 1 aliphatic rings. The van der Waals surface area contributed by atoms with E-state index in [-0.39, 0.29) is 16.8 Å². The molecular formula is C19H22N4O4S. The molecule has 1 aliphatic carbocycles. The molecule has 2 heterocycles. The minimum absolute atomic E-state index is 0.153. The Morgan fingerprint density at radius 1 is 1.07 bits per heavy atom. The Bertz CT molecular complexity index is 1090. The number of nitrogens with zero attached hydrogens (tertiary/aromatic N) is 3. The quantitative estimate of drug-likeness (QED) is 0.651. The molecule has 0 aliphatic heterocycles. The van der Waals surface area contributed by atoms with Gasteiger partial charge in [0, 0.05) is 23.6 Å². The van der Waals surface area contributed by atoms with Crippen LogP contribution in [0.15, 0.2) is 38.2 Å². The monoisotopic (exact) mass is 402 g/mol. The zero-order valence-electron chi connectivity index (χ0n) is 15.8. The number of benzene rings is 1. The summed E-state index contributed by atoms with van der Waals surface area (Å²) in [6, 6.07) is 6.26. The van der Waals surface area contributed by atoms with Crippen LogP contribution < -0.4 is 4.72 Å². The van der Waals surface area contributed by atoms with Crippen molar-refractivity contribution in [3.63, 3.8) is 0 Å². The lowest BCUT2D eigenvalue weighted by Gasteiger charge is -2.09. The Morgan fingerprint density at radius 3 is 2.71 bits per heavy atom. The lowest BCUT2D eigenvalue weighted by atomic mass is 10.1. The van der Waals surface area contributed by atoms with Crippen LogP contribution in [0.25, 0.3) is 23.0 Å². The molecule has 0 unspecified atom stereocenters. The first-order valence-corrected chi connectivity index (χ1v) is 10.9. The fourth-order valence-electron chi connectivity index (χ4n) is 3.35. The number of nitrogens with one attached hydrogen (secondary N) is 1. The predicted octanol–water partition coefficient (Wildman–Crippen LogP) is 3.35. The lowest BCUT2D eigenvalue weighted by molar-refractivity contribution is 0.376. The number of sulfonamides is 1. The number of fused-ring (bicyclic) bond motifs is 1. The molecule has 0 bridgehead atoms. The number of aryl methyl sites for hydroxylation is 1. The van der Waals surface area contributed by atoms with Gasteiger partial charge in [-0.3, -0.25) is 0 Å². The first-order chi connectivity index (χ1) is 13.4. The fraction of sp³-hybridized carbons (Fsp3) is 0.421. The van der Waals surface area contributed by atoms with Crippen molar-refractivity contribution in [2.24, 2.45) is 0 Å². The van der Waals surface area contributed by atoms with Crippen LogP contribution in [0.3, 0.4) is 0 Å². The van der Waals surface area contributed by atoms with Crippen LogP contribution in [0.5, 0.6) is 0 Å². The summed E-state index contributed by atoms with van der Waals surface area (Å²) in [6.07, 6.45) is 5.06. The molecule has 4 rings (SSSR count). The smallest absolute Gasteiger partial charge is 0.280 e. The molecule has 0 fully saturated rings. The Morgan fingerprint density at radius 2 is 1.89 bits per heavy atom. The van der Waals surface area contributed by atoms with E-state index in [0.29, 0.717) is 17.1 Å². The lowest BCUT2D eigenvalue weighted by Crippen LogP contribution is -2.30. The van der Waals surface area contributed by atoms with Gasteiger partial charge in [0.25, 0.3) is 5.89 Å². The first kappa shape index (κ1) is 18.8. The maximum atomic E-state index is 12.4. The van der Waals surface area contributed by atoms with Crippen molar-refractivity contribution in [1.29, 1.82) is 0 Å². The van der Waals surface area contributed by atoms with Crippen LogP contribution in [0.2, 0.25) is 0 Å². The Hall–Kier alpha value is -2.52. The van der Waals surface area contributed by atoms with E-state index in [2.05, 4.69) is 20.0 Å². The normalized spacial score (nSPS) is 14.8. The third kappa shape index (κ3) is 3.72. The van der Waals surface area contributed by atoms with E-state index >= 15 is 0 Å². The summed E-state index contributed by atoms with van der Waals surface area (Å²) in [5.41, 5.74) is 2.17. The zero-order valence-corrected chi connectivity index (χ0v) is 16.6. The molecule has 28 heavy (non-hydrogen) atoms. The molecule has 0 amide bonds. The molecule has 0 saturated heterocycles. The third-order valence-electron chi connectivity index (χ3n) is 4.62. The van der Waals surface area contributed by atoms with E-state index in [1.165, 1.54) is 12.1 Å². The van der Waals surface area contributed by atoms with Crippen molar-refractivity contribution in [3.05, 3.63) is 35.6 Å². The molecule has 148 valence electrons. The van der Waals surface area contributed by atoms with Gasteiger partial charge in [0.2, 0.25) is 15.8 Å². The average molecular weight is 402 g/mol. The van der Waals surface area contributed by atoms with Crippen LogP contribution in [-0.2, 0) is 22.9 Å². The van der Waals surface area contributed by atoms with Gasteiger partial charge in [-0.2, -0.15) is 4.98 Å². The summed E-state index contributed by atoms with van der Waals surface area (Å²) < 4.78 is 38.3. The first-order valence-electron chi connectivity index (χ1n) is 9.38. The Balaban J connectivity index is 1.66. The third-order valence-corrected chi connectivity index (χ3v) is 6.28. The van der Waals surface area contributed by atoms with E-state index in [0.717, 1.165) is 43.4 Å². The van der Waals surface area contributed by atoms with E-state index in [1.807, 2.05) is 0 Å². The van der Waals surface area contributed by atoms with Gasteiger partial charge >= 0.3 is 0 Å². The second-order valence-electron chi connectivity index (χ2n) is 7.22. The molecule has 1 aromatic carbocycles. The molecule has 0 atom stereocenters. The van der Waals surface area contributed by atoms with Gasteiger partial charge in [0.15, 0.2) is 5.69 Å². The summed E-state index contributed by atoms with van der Waals surface area (Å²) in [7, 11) is -3.61. The van der Waals surface area contributed by atoms with Gasteiger partial charge in [0.05, 0.1) is 4.90 Å². The number of rotatable bonds is 5. The highest BCUT2D eigenvalue weighted by molar-refractivity contribution is 7.89. The van der Waals surface area contributed by atoms with Crippen LogP contribution in [0, 0.1) is 0 Å². The Labute approximate surface area is 163 Å². The van der Waals surface area contributed by atoms with Crippen molar-refractivity contribution in [1.82, 2.24) is 20.0 Å². The van der Waals surface area contributed by atoms with Crippen LogP contribution in [0.1, 0.15) is 44.4 Å². The van der Waals surface area contributed by atoms with Gasteiger partial charge in [0.1, 0.15) is 5.76 Å². The summed E-state index contributed by atoms with van der Waals surface area (Å²) in [6.45, 7) is 3.54. The van der Waals surface area contributed by atoms with Crippen molar-refractivity contribution in [2.75, 3.05) is 0 Å². The van der Waals surface area contributed by atoms with Crippen molar-refractivity contribution in [3.8, 4) is 23.0 Å². The summed E-state index contributed by atoms with van der Waals surface area (Å²) in [5.74, 6) is 1.48. The van der Waals surface area contributed by atoms with Crippen molar-refractivity contribution < 1.29 is 17.5 Å². The van der Waals surface area contributed by atoms with Gasteiger partial charge in [-0.25, -0.2) is 13.1 Å². The SMILES string of the molecule is CC(C)NS(=O)(=O)c1cccc(-c2noc(-c3noc4c3CCCCC4)n2)c1. The number of hydrogen-bond donors (Lipinski definition) is 1. The summed E-state index contributed by atoms with van der Waals surface area (Å²) in [4.78, 5) is 4.58. The molecule has 3 aromatic rings. The maximum absolute atomic E-state index is 12.4. The highest BCUT2D eigenvalue weighted by Gasteiger charge is 2.24. The second kappa shape index (κ2) is 7.48. The summed E-state index contributed by atoms with van der Waals surface area (Å²) >= 11 is 0. The standard InChI is InChI=1S/C19H22N4O4S/c1-12(2)23-28(24,25)14-8-6-7-13(11-14)18-20-19(27-22-18)17-15-9-4-3-5-10-16(15)26-21-17/h6-8,11-12,23H,3-5,9-10H2,1-2H3. The minimum Gasteiger partial charge on any atom is -0.360 e. The molecular weight excluding hydrogens is 380 g/mol. The van der Waals surface area contributed by atoms with Crippen LogP contribution in [0.4, 0.5) is 0 Å². The largest absolute Gasteiger partial charge is 0.360 e. The van der Waals surface area contributed by atoms with Crippen LogP contribution in [-0.4, -0.2) is 29.8 Å². The molecule has 0 saturated carbocycles. The van der Waals surface area contributed by atoms with Gasteiger partial charge in [-0.1, -0.05) is 28.9 Å². The Kier molecular flexibility index (Phi) is 5.03. The molecule has 0 spiro atoms. The summed E-state index contributed by atoms with van der Waals surface area (Å²) in [5, 5.41) is 8.14. The topological polar surface area (TPSA) is 111 Å². The van der Waals surface area contributed by atoms with Gasteiger partial charge in [-0.05, 0) is 45.2 Å². The molecule has 2 aromatic heterocycles. The number of aromatic nitrogens is 3. The number of hydrogen-bond acceptors (Lipinski definition) is 7. The average Bonchev–Trinajstić information content (AvgIpc) is 3.22. The second-order valence-corrected chi connectivity index (χ2v) is 8.93. The van der Waals surface area contributed by atoms with E-state index in [4.69, 9.17) is 9.05 Å². The van der Waals surface area contributed by atoms with E-state index < -0.39 is 10.0 Å². The highest BCUT2D eigenvalue weighted by Crippen LogP contribution is 2.31. The zero-order chi connectivity index (χ0) is 19.7. The highest BCUT2D eigenvalue weighted by atomic mass is 32.2. The van der Waals surface area contributed by atoms with Crippen molar-refractivity contribution >= 4 is 10.0 Å². The fourth-order valence-corrected chi connectivity index (χ4v) is 4.64. The van der Waals surface area contributed by atoms with Gasteiger partial charge < -0.3 is 9.05 Å². The minimum atomic E-state index is -3.61. The molecule has 9 heteroatoms. The van der Waals surface area contributed by atoms with Crippen molar-refractivity contribution in [2.45, 2.75) is 56.9 Å². The van der Waals surface area contributed by atoms with E-state index in [9.17, 15) is 8.42 Å². The molecule has 8 nitrogen and oxygen atoms in total. The van der Waals surface area contributed by atoms with Gasteiger partial charge in [-0.15, -0.1) is 0 Å². The van der Waals surface area contributed by atoms with Crippen LogP contribution >= 0.6 is 0 Å². The molecule has 0 radical (unpaired) electrons.